The van der Waals surface area contributed by atoms with E-state index in [0.29, 0.717) is 17.3 Å². The molecule has 3 heterocycles. The van der Waals surface area contributed by atoms with Crippen LogP contribution in [0.1, 0.15) is 35.8 Å². The van der Waals surface area contributed by atoms with Gasteiger partial charge in [-0.25, -0.2) is 19.7 Å². The average Bonchev–Trinajstić information content (AvgIpc) is 3.21. The second-order valence-corrected chi connectivity index (χ2v) is 7.28. The first-order valence-corrected chi connectivity index (χ1v) is 10.0. The lowest BCUT2D eigenvalue weighted by atomic mass is 10.0. The Bertz CT molecular complexity index is 1220. The van der Waals surface area contributed by atoms with Crippen LogP contribution in [0.25, 0.3) is 5.65 Å². The van der Waals surface area contributed by atoms with Crippen LogP contribution in [0.3, 0.4) is 0 Å². The minimum absolute atomic E-state index is 0.172. The molecule has 162 valence electrons. The molecule has 0 aliphatic carbocycles. The van der Waals surface area contributed by atoms with Crippen molar-refractivity contribution in [3.05, 3.63) is 78.1 Å². The predicted molar refractivity (Wildman–Crippen MR) is 121 cm³/mol. The molecule has 0 atom stereocenters. The highest BCUT2D eigenvalue weighted by Crippen LogP contribution is 2.17. The summed E-state index contributed by atoms with van der Waals surface area (Å²) in [6, 6.07) is 17.3. The number of carbonyl (C=O) groups is 2. The topological polar surface area (TPSA) is 125 Å². The van der Waals surface area contributed by atoms with Crippen molar-refractivity contribution >= 4 is 35.0 Å². The van der Waals surface area contributed by atoms with Gasteiger partial charge in [-0.15, -0.1) is 5.10 Å². The summed E-state index contributed by atoms with van der Waals surface area (Å²) < 4.78 is 1.57. The monoisotopic (exact) mass is 430 g/mol. The number of benzene rings is 1. The molecule has 0 aliphatic heterocycles. The Hall–Kier alpha value is -4.47. The predicted octanol–water partition coefficient (Wildman–Crippen LogP) is 3.65. The van der Waals surface area contributed by atoms with Crippen molar-refractivity contribution in [1.82, 2.24) is 25.0 Å². The Morgan fingerprint density at radius 2 is 1.72 bits per heavy atom. The molecule has 10 heteroatoms. The van der Waals surface area contributed by atoms with Gasteiger partial charge in [0.25, 0.3) is 11.9 Å². The number of fused-ring (bicyclic) bond motifs is 1. The average molecular weight is 430 g/mol. The van der Waals surface area contributed by atoms with Crippen LogP contribution in [0.4, 0.5) is 22.2 Å². The Morgan fingerprint density at radius 3 is 2.47 bits per heavy atom. The maximum atomic E-state index is 12.5. The third-order valence-corrected chi connectivity index (χ3v) is 4.59. The van der Waals surface area contributed by atoms with E-state index in [1.807, 2.05) is 36.4 Å². The molecule has 10 nitrogen and oxygen atoms in total. The van der Waals surface area contributed by atoms with Gasteiger partial charge in [0, 0.05) is 11.9 Å². The molecule has 3 amide bonds. The maximum absolute atomic E-state index is 12.5. The van der Waals surface area contributed by atoms with Crippen LogP contribution < -0.4 is 21.5 Å². The number of urea groups is 1. The highest BCUT2D eigenvalue weighted by Gasteiger charge is 2.11. The normalized spacial score (nSPS) is 10.7. The molecule has 4 aromatic rings. The van der Waals surface area contributed by atoms with Crippen LogP contribution >= 0.6 is 0 Å². The highest BCUT2D eigenvalue weighted by atomic mass is 16.2. The van der Waals surface area contributed by atoms with Crippen LogP contribution in [-0.4, -0.2) is 31.5 Å². The number of aromatic nitrogens is 4. The number of amides is 3. The van der Waals surface area contributed by atoms with Gasteiger partial charge in [-0.3, -0.25) is 15.5 Å². The summed E-state index contributed by atoms with van der Waals surface area (Å²) in [7, 11) is 0. The standard InChI is InChI=1S/C22H22N8O2/c1-14(2)15-9-11-16(12-10-15)23-20(31)17-6-5-7-18(24-17)25-22(32)28-27-21-26-19-8-3-4-13-30(19)29-21/h3-14H,1-2H3,(H,23,31)(H,27,29)(H2,24,25,28,32). The minimum atomic E-state index is -0.585. The van der Waals surface area contributed by atoms with Gasteiger partial charge in [-0.05, 0) is 47.9 Å². The Kier molecular flexibility index (Phi) is 5.93. The lowest BCUT2D eigenvalue weighted by Crippen LogP contribution is -2.34. The molecule has 3 aromatic heterocycles. The molecule has 0 fully saturated rings. The van der Waals surface area contributed by atoms with E-state index in [9.17, 15) is 9.59 Å². The number of anilines is 3. The number of hydrogen-bond acceptors (Lipinski definition) is 6. The van der Waals surface area contributed by atoms with Crippen molar-refractivity contribution in [3.8, 4) is 0 Å². The van der Waals surface area contributed by atoms with Gasteiger partial charge in [-0.1, -0.05) is 38.1 Å². The van der Waals surface area contributed by atoms with Crippen molar-refractivity contribution in [1.29, 1.82) is 0 Å². The number of carbonyl (C=O) groups excluding carboxylic acids is 2. The van der Waals surface area contributed by atoms with Gasteiger partial charge < -0.3 is 5.32 Å². The second-order valence-electron chi connectivity index (χ2n) is 7.28. The van der Waals surface area contributed by atoms with Gasteiger partial charge in [0.05, 0.1) is 0 Å². The summed E-state index contributed by atoms with van der Waals surface area (Å²) >= 11 is 0. The van der Waals surface area contributed by atoms with Gasteiger partial charge >= 0.3 is 6.03 Å². The van der Waals surface area contributed by atoms with Crippen LogP contribution in [0.2, 0.25) is 0 Å². The summed E-state index contributed by atoms with van der Waals surface area (Å²) in [6.07, 6.45) is 1.74. The van der Waals surface area contributed by atoms with E-state index in [1.165, 1.54) is 5.56 Å². The van der Waals surface area contributed by atoms with Crippen molar-refractivity contribution < 1.29 is 9.59 Å². The summed E-state index contributed by atoms with van der Waals surface area (Å²) in [6.45, 7) is 4.21. The van der Waals surface area contributed by atoms with Crippen molar-refractivity contribution in [2.45, 2.75) is 19.8 Å². The number of rotatable bonds is 6. The minimum Gasteiger partial charge on any atom is -0.321 e. The fraction of sp³-hybridized carbons (Fsp3) is 0.136. The van der Waals surface area contributed by atoms with Crippen LogP contribution in [0, 0.1) is 0 Å². The lowest BCUT2D eigenvalue weighted by Gasteiger charge is -2.10. The first-order chi connectivity index (χ1) is 15.5. The van der Waals surface area contributed by atoms with E-state index in [4.69, 9.17) is 0 Å². The molecule has 0 saturated heterocycles. The summed E-state index contributed by atoms with van der Waals surface area (Å²) in [4.78, 5) is 33.1. The Labute approximate surface area is 184 Å². The van der Waals surface area contributed by atoms with E-state index in [2.05, 4.69) is 50.4 Å². The van der Waals surface area contributed by atoms with E-state index in [1.54, 1.807) is 35.0 Å². The van der Waals surface area contributed by atoms with Crippen molar-refractivity contribution in [3.63, 3.8) is 0 Å². The lowest BCUT2D eigenvalue weighted by molar-refractivity contribution is 0.102. The summed E-state index contributed by atoms with van der Waals surface area (Å²) in [5.41, 5.74) is 7.72. The molecule has 0 saturated carbocycles. The van der Waals surface area contributed by atoms with Gasteiger partial charge in [0.1, 0.15) is 11.5 Å². The van der Waals surface area contributed by atoms with Gasteiger partial charge in [0.2, 0.25) is 0 Å². The molecule has 0 unspecified atom stereocenters. The quantitative estimate of drug-likeness (QED) is 0.346. The number of nitrogens with zero attached hydrogens (tertiary/aromatic N) is 4. The number of hydrogen-bond donors (Lipinski definition) is 4. The molecule has 1 aromatic carbocycles. The van der Waals surface area contributed by atoms with E-state index < -0.39 is 6.03 Å². The van der Waals surface area contributed by atoms with Crippen molar-refractivity contribution in [2.24, 2.45) is 0 Å². The first kappa shape index (κ1) is 20.8. The molecular formula is C22H22N8O2. The van der Waals surface area contributed by atoms with Crippen LogP contribution in [0.15, 0.2) is 66.9 Å². The molecule has 32 heavy (non-hydrogen) atoms. The smallest absolute Gasteiger partial charge is 0.321 e. The third kappa shape index (κ3) is 4.98. The number of hydrazine groups is 1. The third-order valence-electron chi connectivity index (χ3n) is 4.59. The zero-order chi connectivity index (χ0) is 22.5. The summed E-state index contributed by atoms with van der Waals surface area (Å²) in [5, 5.41) is 9.53. The molecule has 0 spiro atoms. The molecular weight excluding hydrogens is 408 g/mol. The van der Waals surface area contributed by atoms with Crippen LogP contribution in [-0.2, 0) is 0 Å². The van der Waals surface area contributed by atoms with Crippen LogP contribution in [0.5, 0.6) is 0 Å². The van der Waals surface area contributed by atoms with E-state index >= 15 is 0 Å². The molecule has 4 rings (SSSR count). The Morgan fingerprint density at radius 1 is 0.906 bits per heavy atom. The van der Waals surface area contributed by atoms with E-state index in [-0.39, 0.29) is 23.4 Å². The zero-order valence-corrected chi connectivity index (χ0v) is 17.5. The highest BCUT2D eigenvalue weighted by molar-refractivity contribution is 6.03. The van der Waals surface area contributed by atoms with Gasteiger partial charge in [-0.2, -0.15) is 4.98 Å². The molecule has 0 radical (unpaired) electrons. The fourth-order valence-electron chi connectivity index (χ4n) is 2.92. The maximum Gasteiger partial charge on any atom is 0.339 e. The largest absolute Gasteiger partial charge is 0.339 e. The zero-order valence-electron chi connectivity index (χ0n) is 17.5. The van der Waals surface area contributed by atoms with Gasteiger partial charge in [0.15, 0.2) is 5.65 Å². The molecule has 4 N–H and O–H groups in total. The number of nitrogens with one attached hydrogen (secondary N) is 4. The fourth-order valence-corrected chi connectivity index (χ4v) is 2.92. The SMILES string of the molecule is CC(C)c1ccc(NC(=O)c2cccc(NC(=O)NNc3nc4ccccn4n3)n2)cc1. The first-order valence-electron chi connectivity index (χ1n) is 10.0. The number of pyridine rings is 2. The van der Waals surface area contributed by atoms with Crippen molar-refractivity contribution in [2.75, 3.05) is 16.1 Å². The Balaban J connectivity index is 1.34. The summed E-state index contributed by atoms with van der Waals surface area (Å²) in [5.74, 6) is 0.484. The molecule has 0 bridgehead atoms. The van der Waals surface area contributed by atoms with E-state index in [0.717, 1.165) is 0 Å². The molecule has 0 aliphatic rings. The second kappa shape index (κ2) is 9.13.